The molecule has 0 saturated heterocycles. The summed E-state index contributed by atoms with van der Waals surface area (Å²) in [6.45, 7) is 2.07. The van der Waals surface area contributed by atoms with Crippen LogP contribution in [0.3, 0.4) is 0 Å². The van der Waals surface area contributed by atoms with Crippen LogP contribution in [-0.2, 0) is 6.61 Å². The molecule has 0 aliphatic heterocycles. The van der Waals surface area contributed by atoms with Crippen LogP contribution < -0.4 is 0 Å². The van der Waals surface area contributed by atoms with E-state index in [4.69, 9.17) is 5.11 Å². The molecular formula is C11H11NOS. The van der Waals surface area contributed by atoms with Gasteiger partial charge in [0.25, 0.3) is 0 Å². The average Bonchev–Trinajstić information content (AvgIpc) is 2.65. The summed E-state index contributed by atoms with van der Waals surface area (Å²) >= 11 is 1.64. The smallest absolute Gasteiger partial charge is 0.0901 e. The topological polar surface area (TPSA) is 33.1 Å². The van der Waals surface area contributed by atoms with Gasteiger partial charge in [0.05, 0.1) is 17.3 Å². The van der Waals surface area contributed by atoms with Crippen molar-refractivity contribution in [3.63, 3.8) is 0 Å². The lowest BCUT2D eigenvalue weighted by molar-refractivity contribution is 0.282. The second-order valence-electron chi connectivity index (χ2n) is 3.11. The minimum atomic E-state index is 0.0803. The molecule has 1 N–H and O–H groups in total. The Bertz CT molecular complexity index is 436. The normalized spacial score (nSPS) is 10.4. The summed E-state index contributed by atoms with van der Waals surface area (Å²) in [6, 6.07) is 7.82. The fraction of sp³-hybridized carbons (Fsp3) is 0.182. The SMILES string of the molecule is Cc1nc(-c2cccc(CO)c2)cs1. The van der Waals surface area contributed by atoms with Gasteiger partial charge >= 0.3 is 0 Å². The highest BCUT2D eigenvalue weighted by molar-refractivity contribution is 7.09. The van der Waals surface area contributed by atoms with Crippen LogP contribution in [0.25, 0.3) is 11.3 Å². The van der Waals surface area contributed by atoms with Crippen LogP contribution >= 0.6 is 11.3 Å². The predicted octanol–water partition coefficient (Wildman–Crippen LogP) is 2.61. The van der Waals surface area contributed by atoms with Gasteiger partial charge in [-0.2, -0.15) is 0 Å². The zero-order chi connectivity index (χ0) is 9.97. The van der Waals surface area contributed by atoms with Crippen molar-refractivity contribution in [3.8, 4) is 11.3 Å². The van der Waals surface area contributed by atoms with Crippen LogP contribution in [0, 0.1) is 6.92 Å². The second kappa shape index (κ2) is 3.90. The monoisotopic (exact) mass is 205 g/mol. The Morgan fingerprint density at radius 1 is 1.43 bits per heavy atom. The molecule has 0 saturated carbocycles. The van der Waals surface area contributed by atoms with Gasteiger partial charge in [-0.25, -0.2) is 4.98 Å². The van der Waals surface area contributed by atoms with Gasteiger partial charge in [0.15, 0.2) is 0 Å². The van der Waals surface area contributed by atoms with Crippen molar-refractivity contribution < 1.29 is 5.11 Å². The van der Waals surface area contributed by atoms with Crippen molar-refractivity contribution in [3.05, 3.63) is 40.2 Å². The maximum absolute atomic E-state index is 9.00. The van der Waals surface area contributed by atoms with Crippen LogP contribution in [0.5, 0.6) is 0 Å². The Morgan fingerprint density at radius 3 is 2.93 bits per heavy atom. The van der Waals surface area contributed by atoms with Crippen molar-refractivity contribution in [1.29, 1.82) is 0 Å². The van der Waals surface area contributed by atoms with Crippen molar-refractivity contribution in [2.24, 2.45) is 0 Å². The zero-order valence-corrected chi connectivity index (χ0v) is 8.71. The molecular weight excluding hydrogens is 194 g/mol. The molecule has 72 valence electrons. The molecule has 0 unspecified atom stereocenters. The van der Waals surface area contributed by atoms with Gasteiger partial charge in [0, 0.05) is 10.9 Å². The third-order valence-electron chi connectivity index (χ3n) is 2.02. The number of aliphatic hydroxyl groups is 1. The molecule has 1 aromatic heterocycles. The van der Waals surface area contributed by atoms with Crippen LogP contribution in [-0.4, -0.2) is 10.1 Å². The molecule has 2 rings (SSSR count). The third kappa shape index (κ3) is 1.84. The van der Waals surface area contributed by atoms with E-state index in [0.717, 1.165) is 21.8 Å². The van der Waals surface area contributed by atoms with Gasteiger partial charge in [0.1, 0.15) is 0 Å². The summed E-state index contributed by atoms with van der Waals surface area (Å²) in [7, 11) is 0. The Kier molecular flexibility index (Phi) is 2.61. The molecule has 0 bridgehead atoms. The minimum Gasteiger partial charge on any atom is -0.392 e. The van der Waals surface area contributed by atoms with E-state index in [2.05, 4.69) is 4.98 Å². The first-order chi connectivity index (χ1) is 6.79. The molecule has 2 nitrogen and oxygen atoms in total. The number of nitrogens with zero attached hydrogens (tertiary/aromatic N) is 1. The van der Waals surface area contributed by atoms with Gasteiger partial charge in [0.2, 0.25) is 0 Å². The highest BCUT2D eigenvalue weighted by Gasteiger charge is 2.01. The van der Waals surface area contributed by atoms with Crippen LogP contribution in [0.4, 0.5) is 0 Å². The maximum Gasteiger partial charge on any atom is 0.0901 e. The number of benzene rings is 1. The number of rotatable bonds is 2. The number of hydrogen-bond acceptors (Lipinski definition) is 3. The molecule has 0 fully saturated rings. The number of aliphatic hydroxyl groups excluding tert-OH is 1. The standard InChI is InChI=1S/C11H11NOS/c1-8-12-11(7-14-8)10-4-2-3-9(5-10)6-13/h2-5,7,13H,6H2,1H3. The molecule has 3 heteroatoms. The molecule has 14 heavy (non-hydrogen) atoms. The molecule has 1 heterocycles. The second-order valence-corrected chi connectivity index (χ2v) is 4.17. The summed E-state index contributed by atoms with van der Waals surface area (Å²) in [4.78, 5) is 4.39. The van der Waals surface area contributed by atoms with E-state index in [9.17, 15) is 0 Å². The molecule has 0 aliphatic rings. The van der Waals surface area contributed by atoms with Crippen molar-refractivity contribution in [2.45, 2.75) is 13.5 Å². The van der Waals surface area contributed by atoms with E-state index in [1.165, 1.54) is 0 Å². The maximum atomic E-state index is 9.00. The van der Waals surface area contributed by atoms with E-state index in [0.29, 0.717) is 0 Å². The highest BCUT2D eigenvalue weighted by Crippen LogP contribution is 2.22. The molecule has 0 radical (unpaired) electrons. The van der Waals surface area contributed by atoms with E-state index < -0.39 is 0 Å². The molecule has 0 aliphatic carbocycles. The van der Waals surface area contributed by atoms with E-state index in [1.807, 2.05) is 36.6 Å². The molecule has 0 amide bonds. The predicted molar refractivity (Wildman–Crippen MR) is 58.2 cm³/mol. The summed E-state index contributed by atoms with van der Waals surface area (Å²) in [5, 5.41) is 12.1. The van der Waals surface area contributed by atoms with Crippen LogP contribution in [0.15, 0.2) is 29.6 Å². The van der Waals surface area contributed by atoms with Gasteiger partial charge in [-0.3, -0.25) is 0 Å². The lowest BCUT2D eigenvalue weighted by Gasteiger charge is -1.99. The quantitative estimate of drug-likeness (QED) is 0.817. The summed E-state index contributed by atoms with van der Waals surface area (Å²) < 4.78 is 0. The van der Waals surface area contributed by atoms with Crippen LogP contribution in [0.2, 0.25) is 0 Å². The first kappa shape index (κ1) is 9.37. The summed E-state index contributed by atoms with van der Waals surface area (Å²) in [5.41, 5.74) is 2.98. The lowest BCUT2D eigenvalue weighted by atomic mass is 10.1. The Hall–Kier alpha value is -1.19. The molecule has 1 aromatic carbocycles. The summed E-state index contributed by atoms with van der Waals surface area (Å²) in [5.74, 6) is 0. The minimum absolute atomic E-state index is 0.0803. The van der Waals surface area contributed by atoms with E-state index in [-0.39, 0.29) is 6.61 Å². The van der Waals surface area contributed by atoms with E-state index >= 15 is 0 Å². The van der Waals surface area contributed by atoms with Crippen LogP contribution in [0.1, 0.15) is 10.6 Å². The Balaban J connectivity index is 2.41. The van der Waals surface area contributed by atoms with Gasteiger partial charge in [-0.1, -0.05) is 18.2 Å². The molecule has 2 aromatic rings. The van der Waals surface area contributed by atoms with Crippen molar-refractivity contribution in [2.75, 3.05) is 0 Å². The van der Waals surface area contributed by atoms with Crippen molar-refractivity contribution >= 4 is 11.3 Å². The average molecular weight is 205 g/mol. The Morgan fingerprint density at radius 2 is 2.29 bits per heavy atom. The number of thiazole rings is 1. The first-order valence-electron chi connectivity index (χ1n) is 4.42. The van der Waals surface area contributed by atoms with Gasteiger partial charge in [-0.05, 0) is 18.6 Å². The van der Waals surface area contributed by atoms with Gasteiger partial charge in [-0.15, -0.1) is 11.3 Å². The van der Waals surface area contributed by atoms with Gasteiger partial charge < -0.3 is 5.11 Å². The highest BCUT2D eigenvalue weighted by atomic mass is 32.1. The number of aryl methyl sites for hydroxylation is 1. The molecule has 0 spiro atoms. The zero-order valence-electron chi connectivity index (χ0n) is 7.90. The fourth-order valence-corrected chi connectivity index (χ4v) is 1.95. The number of hydrogen-bond donors (Lipinski definition) is 1. The lowest BCUT2D eigenvalue weighted by Crippen LogP contribution is -1.84. The largest absolute Gasteiger partial charge is 0.392 e. The Labute approximate surface area is 86.9 Å². The third-order valence-corrected chi connectivity index (χ3v) is 2.80. The fourth-order valence-electron chi connectivity index (χ4n) is 1.33. The van der Waals surface area contributed by atoms with Crippen molar-refractivity contribution in [1.82, 2.24) is 4.98 Å². The number of aromatic nitrogens is 1. The first-order valence-corrected chi connectivity index (χ1v) is 5.30. The molecule has 0 atom stereocenters. The summed E-state index contributed by atoms with van der Waals surface area (Å²) in [6.07, 6.45) is 0. The van der Waals surface area contributed by atoms with E-state index in [1.54, 1.807) is 11.3 Å².